The molecule has 4 aromatic rings. The highest BCUT2D eigenvalue weighted by atomic mass is 35.5. The van der Waals surface area contributed by atoms with Crippen molar-refractivity contribution in [1.29, 1.82) is 0 Å². The summed E-state index contributed by atoms with van der Waals surface area (Å²) in [6.45, 7) is 1.76. The lowest BCUT2D eigenvalue weighted by Crippen LogP contribution is -2.34. The van der Waals surface area contributed by atoms with Gasteiger partial charge in [0, 0.05) is 37.8 Å². The van der Waals surface area contributed by atoms with Crippen molar-refractivity contribution < 1.29 is 4.39 Å². The Labute approximate surface area is 183 Å². The minimum atomic E-state index is -0.421. The van der Waals surface area contributed by atoms with Gasteiger partial charge in [-0.15, -0.1) is 12.4 Å². The molecule has 1 saturated heterocycles. The maximum atomic E-state index is 13.5. The van der Waals surface area contributed by atoms with Crippen LogP contribution in [-0.4, -0.2) is 42.8 Å². The quantitative estimate of drug-likeness (QED) is 0.505. The Balaban J connectivity index is 0.00000218. The first-order valence-corrected chi connectivity index (χ1v) is 9.85. The zero-order valence-corrected chi connectivity index (χ0v) is 17.8. The molecule has 0 bridgehead atoms. The van der Waals surface area contributed by atoms with E-state index in [2.05, 4.69) is 29.6 Å². The van der Waals surface area contributed by atoms with Crippen molar-refractivity contribution in [3.63, 3.8) is 0 Å². The van der Waals surface area contributed by atoms with Gasteiger partial charge in [-0.25, -0.2) is 19.3 Å². The third-order valence-electron chi connectivity index (χ3n) is 5.51. The lowest BCUT2D eigenvalue weighted by atomic mass is 9.96. The van der Waals surface area contributed by atoms with Crippen molar-refractivity contribution >= 4 is 40.9 Å². The lowest BCUT2D eigenvalue weighted by Gasteiger charge is -2.32. The summed E-state index contributed by atoms with van der Waals surface area (Å²) in [5.74, 6) is 1.89. The Morgan fingerprint density at radius 2 is 2.00 bits per heavy atom. The molecular formula is C20H20Cl2FN7. The second kappa shape index (κ2) is 8.20. The second-order valence-corrected chi connectivity index (χ2v) is 7.72. The minimum Gasteiger partial charge on any atom is -0.356 e. The van der Waals surface area contributed by atoms with Crippen LogP contribution in [-0.2, 0) is 7.05 Å². The number of fused-ring (bicyclic) bond motifs is 1. The van der Waals surface area contributed by atoms with Crippen LogP contribution in [0.5, 0.6) is 0 Å². The molecule has 1 aliphatic rings. The average Bonchev–Trinajstić information content (AvgIpc) is 3.37. The van der Waals surface area contributed by atoms with Crippen molar-refractivity contribution in [2.75, 3.05) is 18.0 Å². The number of aromatic nitrogens is 6. The van der Waals surface area contributed by atoms with Crippen LogP contribution in [0.15, 0.2) is 36.9 Å². The number of hydrogen-bond donors (Lipinski definition) is 1. The Kier molecular flexibility index (Phi) is 5.62. The van der Waals surface area contributed by atoms with Crippen LogP contribution in [0.2, 0.25) is 5.02 Å². The van der Waals surface area contributed by atoms with Crippen molar-refractivity contribution in [3.05, 3.63) is 53.6 Å². The van der Waals surface area contributed by atoms with Gasteiger partial charge in [-0.1, -0.05) is 11.6 Å². The van der Waals surface area contributed by atoms with E-state index in [-0.39, 0.29) is 17.4 Å². The van der Waals surface area contributed by atoms with Gasteiger partial charge in [0.05, 0.1) is 22.3 Å². The number of benzene rings is 1. The lowest BCUT2D eigenvalue weighted by molar-refractivity contribution is 0.474. The van der Waals surface area contributed by atoms with E-state index in [4.69, 9.17) is 16.6 Å². The van der Waals surface area contributed by atoms with Crippen LogP contribution < -0.4 is 4.90 Å². The standard InChI is InChI=1S/C20H19ClFN7.ClH/c1-28-10-17(13-2-3-16(22)15(21)8-13)26-19(28)12-4-6-29(7-5-12)20-14-9-25-27-18(14)23-11-24-20;/h2-3,8-12H,4-7H2,1H3,(H,23,24,25,27);1H. The summed E-state index contributed by atoms with van der Waals surface area (Å²) in [5, 5.41) is 8.02. The van der Waals surface area contributed by atoms with Gasteiger partial charge in [-0.3, -0.25) is 5.10 Å². The third-order valence-corrected chi connectivity index (χ3v) is 5.80. The van der Waals surface area contributed by atoms with E-state index < -0.39 is 5.82 Å². The van der Waals surface area contributed by atoms with E-state index in [9.17, 15) is 4.39 Å². The molecule has 0 spiro atoms. The topological polar surface area (TPSA) is 75.5 Å². The maximum Gasteiger partial charge on any atom is 0.160 e. The van der Waals surface area contributed by atoms with E-state index in [1.807, 2.05) is 13.2 Å². The van der Waals surface area contributed by atoms with Gasteiger partial charge in [-0.2, -0.15) is 5.10 Å². The summed E-state index contributed by atoms with van der Waals surface area (Å²) >= 11 is 5.93. The molecule has 3 aromatic heterocycles. The summed E-state index contributed by atoms with van der Waals surface area (Å²) in [6, 6.07) is 4.71. The average molecular weight is 448 g/mol. The maximum absolute atomic E-state index is 13.5. The van der Waals surface area contributed by atoms with Crippen molar-refractivity contribution in [1.82, 2.24) is 29.7 Å². The SMILES string of the molecule is Cl.Cn1cc(-c2ccc(F)c(Cl)c2)nc1C1CCN(c2ncnc3[nH]ncc23)CC1. The second-order valence-electron chi connectivity index (χ2n) is 7.32. The molecule has 0 saturated carbocycles. The number of H-pyrrole nitrogens is 1. The molecule has 10 heteroatoms. The van der Waals surface area contributed by atoms with Gasteiger partial charge in [0.15, 0.2) is 5.65 Å². The predicted molar refractivity (Wildman–Crippen MR) is 117 cm³/mol. The molecule has 1 fully saturated rings. The number of halogens is 3. The van der Waals surface area contributed by atoms with Crippen molar-refractivity contribution in [2.24, 2.45) is 7.05 Å². The van der Waals surface area contributed by atoms with Crippen LogP contribution in [0, 0.1) is 5.82 Å². The van der Waals surface area contributed by atoms with Gasteiger partial charge in [0.1, 0.15) is 23.8 Å². The van der Waals surface area contributed by atoms with Crippen molar-refractivity contribution in [3.8, 4) is 11.3 Å². The van der Waals surface area contributed by atoms with Crippen LogP contribution in [0.25, 0.3) is 22.3 Å². The summed E-state index contributed by atoms with van der Waals surface area (Å²) in [7, 11) is 2.00. The Hall–Kier alpha value is -2.71. The highest BCUT2D eigenvalue weighted by Crippen LogP contribution is 2.33. The molecule has 1 N–H and O–H groups in total. The van der Waals surface area contributed by atoms with E-state index in [1.165, 1.54) is 6.07 Å². The molecule has 0 atom stereocenters. The predicted octanol–water partition coefficient (Wildman–Crippen LogP) is 4.35. The fourth-order valence-corrected chi connectivity index (χ4v) is 4.19. The number of nitrogens with zero attached hydrogens (tertiary/aromatic N) is 6. The number of aromatic amines is 1. The zero-order chi connectivity index (χ0) is 20.0. The minimum absolute atomic E-state index is 0. The van der Waals surface area contributed by atoms with E-state index in [0.717, 1.165) is 59.9 Å². The molecule has 156 valence electrons. The number of nitrogens with one attached hydrogen (secondary N) is 1. The first-order chi connectivity index (χ1) is 14.1. The Morgan fingerprint density at radius 3 is 2.77 bits per heavy atom. The fraction of sp³-hybridized carbons (Fsp3) is 0.300. The fourth-order valence-electron chi connectivity index (χ4n) is 4.01. The molecule has 5 rings (SSSR count). The monoisotopic (exact) mass is 447 g/mol. The Bertz CT molecular complexity index is 1180. The highest BCUT2D eigenvalue weighted by molar-refractivity contribution is 6.31. The summed E-state index contributed by atoms with van der Waals surface area (Å²) in [5.41, 5.74) is 2.38. The molecule has 1 aromatic carbocycles. The molecule has 7 nitrogen and oxygen atoms in total. The number of aryl methyl sites for hydroxylation is 1. The number of rotatable bonds is 3. The molecule has 30 heavy (non-hydrogen) atoms. The number of anilines is 1. The van der Waals surface area contributed by atoms with Crippen LogP contribution >= 0.6 is 24.0 Å². The normalized spacial score (nSPS) is 14.8. The third kappa shape index (κ3) is 3.61. The number of piperidine rings is 1. The first-order valence-electron chi connectivity index (χ1n) is 9.48. The van der Waals surface area contributed by atoms with E-state index in [1.54, 1.807) is 24.7 Å². The van der Waals surface area contributed by atoms with E-state index in [0.29, 0.717) is 5.92 Å². The molecule has 0 aliphatic carbocycles. The van der Waals surface area contributed by atoms with Crippen molar-refractivity contribution in [2.45, 2.75) is 18.8 Å². The zero-order valence-electron chi connectivity index (χ0n) is 16.2. The van der Waals surface area contributed by atoms with Crippen LogP contribution in [0.4, 0.5) is 10.2 Å². The first kappa shape index (κ1) is 20.6. The van der Waals surface area contributed by atoms with E-state index >= 15 is 0 Å². The van der Waals surface area contributed by atoms with Crippen LogP contribution in [0.1, 0.15) is 24.6 Å². The Morgan fingerprint density at radius 1 is 1.20 bits per heavy atom. The molecule has 0 radical (unpaired) electrons. The van der Waals surface area contributed by atoms with Gasteiger partial charge >= 0.3 is 0 Å². The largest absolute Gasteiger partial charge is 0.356 e. The molecule has 0 unspecified atom stereocenters. The molecule has 0 amide bonds. The summed E-state index contributed by atoms with van der Waals surface area (Å²) < 4.78 is 15.5. The van der Waals surface area contributed by atoms with Gasteiger partial charge < -0.3 is 9.47 Å². The highest BCUT2D eigenvalue weighted by Gasteiger charge is 2.26. The summed E-state index contributed by atoms with van der Waals surface area (Å²) in [4.78, 5) is 15.8. The van der Waals surface area contributed by atoms with Gasteiger partial charge in [0.25, 0.3) is 0 Å². The molecular weight excluding hydrogens is 428 g/mol. The smallest absolute Gasteiger partial charge is 0.160 e. The number of hydrogen-bond acceptors (Lipinski definition) is 5. The van der Waals surface area contributed by atoms with Gasteiger partial charge in [0.2, 0.25) is 0 Å². The molecule has 4 heterocycles. The van der Waals surface area contributed by atoms with Gasteiger partial charge in [-0.05, 0) is 31.0 Å². The number of imidazole rings is 1. The van der Waals surface area contributed by atoms with Crippen LogP contribution in [0.3, 0.4) is 0 Å². The summed E-state index contributed by atoms with van der Waals surface area (Å²) in [6.07, 6.45) is 7.26. The molecule has 1 aliphatic heterocycles.